The second-order valence-corrected chi connectivity index (χ2v) is 4.91. The molecular weight excluding hydrogens is 260 g/mol. The molecule has 0 aliphatic rings. The Labute approximate surface area is 117 Å². The molecule has 1 aromatic heterocycles. The zero-order valence-corrected chi connectivity index (χ0v) is 11.5. The maximum atomic E-state index is 13.4. The Morgan fingerprint density at radius 2 is 1.95 bits per heavy atom. The van der Waals surface area contributed by atoms with Crippen molar-refractivity contribution in [2.45, 2.75) is 20.0 Å². The van der Waals surface area contributed by atoms with E-state index in [0.717, 1.165) is 17.1 Å². The van der Waals surface area contributed by atoms with Crippen molar-refractivity contribution in [3.63, 3.8) is 0 Å². The third kappa shape index (κ3) is 3.69. The predicted molar refractivity (Wildman–Crippen MR) is 74.8 cm³/mol. The third-order valence-corrected chi connectivity index (χ3v) is 3.01. The molecule has 0 fully saturated rings. The first-order chi connectivity index (χ1) is 9.45. The summed E-state index contributed by atoms with van der Waals surface area (Å²) in [5.41, 5.74) is 0.699. The normalized spacial score (nSPS) is 11.1. The van der Waals surface area contributed by atoms with Crippen molar-refractivity contribution in [2.75, 3.05) is 7.05 Å². The average molecular weight is 277 g/mol. The SMILES string of the molecule is Cc1ccc(CN(C)Cc2ccc(F)c(B(O)O)c2)o1. The number of nitrogens with zero attached hydrogens (tertiary/aromatic N) is 1. The van der Waals surface area contributed by atoms with E-state index in [9.17, 15) is 4.39 Å². The highest BCUT2D eigenvalue weighted by Gasteiger charge is 2.17. The molecule has 2 rings (SSSR count). The molecule has 4 nitrogen and oxygen atoms in total. The Bertz CT molecular complexity index is 586. The van der Waals surface area contributed by atoms with Crippen molar-refractivity contribution < 1.29 is 18.9 Å². The second-order valence-electron chi connectivity index (χ2n) is 4.91. The number of hydrogen-bond acceptors (Lipinski definition) is 4. The number of aryl methyl sites for hydroxylation is 1. The lowest BCUT2D eigenvalue weighted by Gasteiger charge is -2.16. The van der Waals surface area contributed by atoms with Crippen molar-refractivity contribution in [1.82, 2.24) is 4.90 Å². The molecule has 0 amide bonds. The summed E-state index contributed by atoms with van der Waals surface area (Å²) in [6, 6.07) is 8.16. The molecule has 0 aliphatic heterocycles. The zero-order valence-electron chi connectivity index (χ0n) is 11.5. The Kier molecular flexibility index (Phi) is 4.59. The molecule has 0 bridgehead atoms. The lowest BCUT2D eigenvalue weighted by molar-refractivity contribution is 0.285. The van der Waals surface area contributed by atoms with Crippen LogP contribution in [0.5, 0.6) is 0 Å². The van der Waals surface area contributed by atoms with Crippen molar-refractivity contribution in [1.29, 1.82) is 0 Å². The van der Waals surface area contributed by atoms with Gasteiger partial charge >= 0.3 is 7.12 Å². The van der Waals surface area contributed by atoms with Gasteiger partial charge in [-0.2, -0.15) is 0 Å². The van der Waals surface area contributed by atoms with Gasteiger partial charge in [0.15, 0.2) is 0 Å². The topological polar surface area (TPSA) is 56.8 Å². The first-order valence-electron chi connectivity index (χ1n) is 6.34. The largest absolute Gasteiger partial charge is 0.491 e. The second kappa shape index (κ2) is 6.22. The number of rotatable bonds is 5. The van der Waals surface area contributed by atoms with Gasteiger partial charge < -0.3 is 14.5 Å². The van der Waals surface area contributed by atoms with Gasteiger partial charge in [0.05, 0.1) is 6.54 Å². The van der Waals surface area contributed by atoms with Gasteiger partial charge in [-0.25, -0.2) is 4.39 Å². The van der Waals surface area contributed by atoms with Gasteiger partial charge in [0.2, 0.25) is 0 Å². The van der Waals surface area contributed by atoms with Gasteiger partial charge in [-0.05, 0) is 37.7 Å². The fourth-order valence-corrected chi connectivity index (χ4v) is 2.09. The molecule has 2 N–H and O–H groups in total. The maximum Gasteiger partial charge on any atom is 0.491 e. The van der Waals surface area contributed by atoms with Crippen molar-refractivity contribution in [2.24, 2.45) is 0 Å². The van der Waals surface area contributed by atoms with Gasteiger partial charge in [0, 0.05) is 12.0 Å². The summed E-state index contributed by atoms with van der Waals surface area (Å²) in [6.07, 6.45) is 0. The number of furan rings is 1. The molecule has 0 atom stereocenters. The molecule has 0 spiro atoms. The van der Waals surface area contributed by atoms with E-state index in [-0.39, 0.29) is 5.46 Å². The predicted octanol–water partition coefficient (Wildman–Crippen LogP) is 1.04. The molecular formula is C14H17BFNO3. The van der Waals surface area contributed by atoms with Gasteiger partial charge in [0.1, 0.15) is 17.3 Å². The van der Waals surface area contributed by atoms with E-state index in [1.54, 1.807) is 6.07 Å². The standard InChI is InChI=1S/C14H17BFNO3/c1-10-3-5-12(20-10)9-17(2)8-11-4-6-14(16)13(7-11)15(18)19/h3-7,18-19H,8-9H2,1-2H3. The molecule has 0 radical (unpaired) electrons. The Hall–Kier alpha value is -1.63. The van der Waals surface area contributed by atoms with Crippen LogP contribution >= 0.6 is 0 Å². The van der Waals surface area contributed by atoms with E-state index in [1.807, 2.05) is 31.0 Å². The summed E-state index contributed by atoms with van der Waals surface area (Å²) in [4.78, 5) is 2.00. The van der Waals surface area contributed by atoms with E-state index in [2.05, 4.69) is 0 Å². The molecule has 2 aromatic rings. The quantitative estimate of drug-likeness (QED) is 0.802. The smallest absolute Gasteiger partial charge is 0.465 e. The van der Waals surface area contributed by atoms with E-state index >= 15 is 0 Å². The number of benzene rings is 1. The summed E-state index contributed by atoms with van der Waals surface area (Å²) in [5.74, 6) is 1.10. The van der Waals surface area contributed by atoms with Crippen molar-refractivity contribution >= 4 is 12.6 Å². The molecule has 0 saturated heterocycles. The van der Waals surface area contributed by atoms with Crippen LogP contribution in [0.3, 0.4) is 0 Å². The number of halogens is 1. The summed E-state index contributed by atoms with van der Waals surface area (Å²) < 4.78 is 18.9. The minimum Gasteiger partial charge on any atom is -0.465 e. The highest BCUT2D eigenvalue weighted by Crippen LogP contribution is 2.11. The van der Waals surface area contributed by atoms with Crippen LogP contribution in [-0.2, 0) is 13.1 Å². The van der Waals surface area contributed by atoms with Crippen molar-refractivity contribution in [3.8, 4) is 0 Å². The Morgan fingerprint density at radius 1 is 1.20 bits per heavy atom. The lowest BCUT2D eigenvalue weighted by atomic mass is 9.79. The fraction of sp³-hybridized carbons (Fsp3) is 0.286. The van der Waals surface area contributed by atoms with Crippen LogP contribution in [0.4, 0.5) is 4.39 Å². The van der Waals surface area contributed by atoms with Crippen molar-refractivity contribution in [3.05, 3.63) is 53.2 Å². The summed E-state index contributed by atoms with van der Waals surface area (Å²) in [5, 5.41) is 18.2. The maximum absolute atomic E-state index is 13.4. The molecule has 0 saturated carbocycles. The molecule has 6 heteroatoms. The van der Waals surface area contributed by atoms with E-state index in [0.29, 0.717) is 13.1 Å². The highest BCUT2D eigenvalue weighted by molar-refractivity contribution is 6.58. The van der Waals surface area contributed by atoms with E-state index in [1.165, 1.54) is 12.1 Å². The molecule has 0 aliphatic carbocycles. The minimum atomic E-state index is -1.80. The van der Waals surface area contributed by atoms with E-state index < -0.39 is 12.9 Å². The average Bonchev–Trinajstić information content (AvgIpc) is 2.76. The van der Waals surface area contributed by atoms with Crippen LogP contribution in [0.15, 0.2) is 34.7 Å². The minimum absolute atomic E-state index is 0.107. The Morgan fingerprint density at radius 3 is 2.55 bits per heavy atom. The molecule has 1 aromatic carbocycles. The molecule has 20 heavy (non-hydrogen) atoms. The van der Waals surface area contributed by atoms with Crippen LogP contribution < -0.4 is 5.46 Å². The van der Waals surface area contributed by atoms with Gasteiger partial charge in [-0.15, -0.1) is 0 Å². The molecule has 106 valence electrons. The fourth-order valence-electron chi connectivity index (χ4n) is 2.09. The monoisotopic (exact) mass is 277 g/mol. The summed E-state index contributed by atoms with van der Waals surface area (Å²) >= 11 is 0. The van der Waals surface area contributed by atoms with Gasteiger partial charge in [-0.3, -0.25) is 4.90 Å². The first-order valence-corrected chi connectivity index (χ1v) is 6.34. The zero-order chi connectivity index (χ0) is 14.7. The van der Waals surface area contributed by atoms with Crippen LogP contribution in [-0.4, -0.2) is 29.1 Å². The Balaban J connectivity index is 2.04. The lowest BCUT2D eigenvalue weighted by Crippen LogP contribution is -2.33. The van der Waals surface area contributed by atoms with E-state index in [4.69, 9.17) is 14.5 Å². The number of hydrogen-bond donors (Lipinski definition) is 2. The molecule has 1 heterocycles. The van der Waals surface area contributed by atoms with Crippen LogP contribution in [0.25, 0.3) is 0 Å². The van der Waals surface area contributed by atoms with Crippen LogP contribution in [0.2, 0.25) is 0 Å². The van der Waals surface area contributed by atoms with Gasteiger partial charge in [-0.1, -0.05) is 12.1 Å². The van der Waals surface area contributed by atoms with Crippen LogP contribution in [0, 0.1) is 12.7 Å². The summed E-state index contributed by atoms with van der Waals surface area (Å²) in [6.45, 7) is 3.07. The third-order valence-electron chi connectivity index (χ3n) is 3.01. The highest BCUT2D eigenvalue weighted by atomic mass is 19.1. The molecule has 0 unspecified atom stereocenters. The van der Waals surface area contributed by atoms with Crippen LogP contribution in [0.1, 0.15) is 17.1 Å². The summed E-state index contributed by atoms with van der Waals surface area (Å²) in [7, 11) is 0.115. The first kappa shape index (κ1) is 14.8. The van der Waals surface area contributed by atoms with Gasteiger partial charge in [0.25, 0.3) is 0 Å².